The molecule has 2 aromatic carbocycles. The third-order valence-electron chi connectivity index (χ3n) is 5.84. The highest BCUT2D eigenvalue weighted by Gasteiger charge is 2.32. The van der Waals surface area contributed by atoms with Crippen molar-refractivity contribution in [2.24, 2.45) is 5.92 Å². The van der Waals surface area contributed by atoms with Gasteiger partial charge in [-0.25, -0.2) is 0 Å². The van der Waals surface area contributed by atoms with E-state index < -0.39 is 0 Å². The van der Waals surface area contributed by atoms with Gasteiger partial charge < -0.3 is 9.80 Å². The topological polar surface area (TPSA) is 40.6 Å². The third-order valence-corrected chi connectivity index (χ3v) is 7.10. The second kappa shape index (κ2) is 9.04. The first-order valence-electron chi connectivity index (χ1n) is 10.5. The zero-order valence-electron chi connectivity index (χ0n) is 16.9. The molecule has 0 radical (unpaired) electrons. The summed E-state index contributed by atoms with van der Waals surface area (Å²) in [5, 5.41) is 0.0328. The Labute approximate surface area is 177 Å². The minimum absolute atomic E-state index is 0.0328. The van der Waals surface area contributed by atoms with Crippen molar-refractivity contribution < 1.29 is 9.59 Å². The molecular formula is C24H28N2O2S. The lowest BCUT2D eigenvalue weighted by Crippen LogP contribution is -2.39. The van der Waals surface area contributed by atoms with Gasteiger partial charge in [0.05, 0.1) is 5.75 Å². The molecule has 0 N–H and O–H groups in total. The molecule has 0 unspecified atom stereocenters. The molecule has 2 aliphatic rings. The van der Waals surface area contributed by atoms with Crippen LogP contribution in [0.2, 0.25) is 0 Å². The van der Waals surface area contributed by atoms with Crippen LogP contribution in [0, 0.1) is 5.92 Å². The summed E-state index contributed by atoms with van der Waals surface area (Å²) in [5.41, 5.74) is 3.08. The smallest absolute Gasteiger partial charge is 0.253 e. The molecule has 152 valence electrons. The molecule has 0 aliphatic carbocycles. The molecule has 2 aromatic rings. The highest BCUT2D eigenvalue weighted by molar-refractivity contribution is 8.00. The van der Waals surface area contributed by atoms with Gasteiger partial charge in [-0.3, -0.25) is 9.59 Å². The molecule has 2 amide bonds. The molecule has 4 nitrogen and oxygen atoms in total. The molecule has 2 atom stereocenters. The lowest BCUT2D eigenvalue weighted by Gasteiger charge is -2.31. The Balaban J connectivity index is 1.43. The number of carbonyl (C=O) groups excluding carboxylic acids is 2. The van der Waals surface area contributed by atoms with Crippen molar-refractivity contribution in [1.29, 1.82) is 0 Å². The van der Waals surface area contributed by atoms with E-state index in [-0.39, 0.29) is 17.2 Å². The first-order chi connectivity index (χ1) is 14.1. The Morgan fingerprint density at radius 2 is 1.86 bits per heavy atom. The number of amides is 2. The summed E-state index contributed by atoms with van der Waals surface area (Å²) in [6, 6.07) is 18.2. The van der Waals surface area contributed by atoms with E-state index in [9.17, 15) is 9.59 Å². The number of piperidine rings is 1. The molecule has 0 bridgehead atoms. The van der Waals surface area contributed by atoms with Crippen LogP contribution in [0.1, 0.15) is 46.6 Å². The molecule has 5 heteroatoms. The number of carbonyl (C=O) groups is 2. The zero-order valence-corrected chi connectivity index (χ0v) is 17.7. The van der Waals surface area contributed by atoms with E-state index in [1.165, 1.54) is 12.0 Å². The number of hydrogen-bond acceptors (Lipinski definition) is 3. The van der Waals surface area contributed by atoms with Gasteiger partial charge in [0, 0.05) is 25.2 Å². The van der Waals surface area contributed by atoms with E-state index in [1.54, 1.807) is 11.8 Å². The van der Waals surface area contributed by atoms with E-state index in [4.69, 9.17) is 0 Å². The monoisotopic (exact) mass is 408 g/mol. The van der Waals surface area contributed by atoms with Crippen molar-refractivity contribution in [3.05, 3.63) is 71.3 Å². The fourth-order valence-corrected chi connectivity index (χ4v) is 5.43. The average molecular weight is 409 g/mol. The summed E-state index contributed by atoms with van der Waals surface area (Å²) < 4.78 is 0. The van der Waals surface area contributed by atoms with E-state index in [0.29, 0.717) is 18.2 Å². The van der Waals surface area contributed by atoms with Crippen LogP contribution in [0.5, 0.6) is 0 Å². The lowest BCUT2D eigenvalue weighted by molar-refractivity contribution is -0.128. The number of nitrogens with zero attached hydrogens (tertiary/aromatic N) is 2. The molecule has 0 spiro atoms. The fourth-order valence-electron chi connectivity index (χ4n) is 4.21. The second-order valence-corrected chi connectivity index (χ2v) is 9.18. The van der Waals surface area contributed by atoms with Crippen LogP contribution in [0.3, 0.4) is 0 Å². The Bertz CT molecular complexity index is 853. The van der Waals surface area contributed by atoms with Gasteiger partial charge in [0.15, 0.2) is 0 Å². The number of likely N-dealkylation sites (tertiary alicyclic amines) is 1. The highest BCUT2D eigenvalue weighted by Crippen LogP contribution is 2.38. The Morgan fingerprint density at radius 3 is 2.59 bits per heavy atom. The van der Waals surface area contributed by atoms with Crippen LogP contribution in [-0.4, -0.2) is 47.0 Å². The molecule has 2 fully saturated rings. The number of thioether (sulfide) groups is 1. The van der Waals surface area contributed by atoms with Gasteiger partial charge in [0.25, 0.3) is 5.91 Å². The van der Waals surface area contributed by atoms with Gasteiger partial charge in [0.1, 0.15) is 5.37 Å². The minimum Gasteiger partial charge on any atom is -0.338 e. The van der Waals surface area contributed by atoms with Crippen LogP contribution in [-0.2, 0) is 11.2 Å². The molecule has 29 heavy (non-hydrogen) atoms. The van der Waals surface area contributed by atoms with Crippen molar-refractivity contribution in [1.82, 2.24) is 9.80 Å². The van der Waals surface area contributed by atoms with Gasteiger partial charge >= 0.3 is 0 Å². The van der Waals surface area contributed by atoms with Gasteiger partial charge in [-0.1, -0.05) is 49.4 Å². The van der Waals surface area contributed by atoms with Gasteiger partial charge in [0.2, 0.25) is 5.91 Å². The first kappa shape index (κ1) is 20.0. The number of hydrogen-bond donors (Lipinski definition) is 0. The van der Waals surface area contributed by atoms with Crippen molar-refractivity contribution >= 4 is 23.6 Å². The first-order valence-corrected chi connectivity index (χ1v) is 11.5. The Hall–Kier alpha value is -2.27. The van der Waals surface area contributed by atoms with Crippen molar-refractivity contribution in [3.8, 4) is 0 Å². The predicted molar refractivity (Wildman–Crippen MR) is 118 cm³/mol. The summed E-state index contributed by atoms with van der Waals surface area (Å²) in [5.74, 6) is 1.41. The van der Waals surface area contributed by atoms with E-state index in [2.05, 4.69) is 19.1 Å². The molecule has 2 heterocycles. The largest absolute Gasteiger partial charge is 0.338 e. The van der Waals surface area contributed by atoms with Crippen LogP contribution >= 0.6 is 11.8 Å². The normalized spacial score (nSPS) is 22.2. The van der Waals surface area contributed by atoms with Crippen LogP contribution in [0.4, 0.5) is 0 Å². The minimum atomic E-state index is 0.0328. The fraction of sp³-hybridized carbons (Fsp3) is 0.417. The van der Waals surface area contributed by atoms with Crippen molar-refractivity contribution in [2.45, 2.75) is 31.6 Å². The molecular weight excluding hydrogens is 380 g/mol. The summed E-state index contributed by atoms with van der Waals surface area (Å²) in [4.78, 5) is 29.2. The summed E-state index contributed by atoms with van der Waals surface area (Å²) >= 11 is 1.67. The maximum atomic E-state index is 12.8. The standard InChI is InChI=1S/C24H28N2O2S/c1-18-6-5-14-25(16-18)23(28)20-9-11-21(12-10-20)24-26(22(27)17-29-24)15-13-19-7-3-2-4-8-19/h2-4,7-12,18,24H,5-6,13-17H2,1H3/t18-,24+/m0/s1. The van der Waals surface area contributed by atoms with Crippen LogP contribution in [0.15, 0.2) is 54.6 Å². The van der Waals surface area contributed by atoms with Crippen LogP contribution in [0.25, 0.3) is 0 Å². The van der Waals surface area contributed by atoms with Crippen molar-refractivity contribution in [2.75, 3.05) is 25.4 Å². The maximum absolute atomic E-state index is 12.8. The SMILES string of the molecule is C[C@H]1CCCN(C(=O)c2ccc([C@H]3SCC(=O)N3CCc3ccccc3)cc2)C1. The predicted octanol–water partition coefficient (Wildman–Crippen LogP) is 4.38. The van der Waals surface area contributed by atoms with E-state index in [1.807, 2.05) is 52.3 Å². The van der Waals surface area contributed by atoms with Gasteiger partial charge in [-0.2, -0.15) is 0 Å². The summed E-state index contributed by atoms with van der Waals surface area (Å²) in [6.07, 6.45) is 3.14. The van der Waals surface area contributed by atoms with E-state index >= 15 is 0 Å². The highest BCUT2D eigenvalue weighted by atomic mass is 32.2. The summed E-state index contributed by atoms with van der Waals surface area (Å²) in [6.45, 7) is 4.62. The zero-order chi connectivity index (χ0) is 20.2. The van der Waals surface area contributed by atoms with Gasteiger partial charge in [-0.05, 0) is 48.4 Å². The van der Waals surface area contributed by atoms with Crippen LogP contribution < -0.4 is 0 Å². The molecule has 2 saturated heterocycles. The average Bonchev–Trinajstić information content (AvgIpc) is 3.13. The second-order valence-electron chi connectivity index (χ2n) is 8.11. The van der Waals surface area contributed by atoms with Crippen molar-refractivity contribution in [3.63, 3.8) is 0 Å². The summed E-state index contributed by atoms with van der Waals surface area (Å²) in [7, 11) is 0. The van der Waals surface area contributed by atoms with E-state index in [0.717, 1.165) is 37.1 Å². The molecule has 2 aliphatic heterocycles. The molecule has 4 rings (SSSR count). The molecule has 0 aromatic heterocycles. The Kier molecular flexibility index (Phi) is 6.24. The van der Waals surface area contributed by atoms with Gasteiger partial charge in [-0.15, -0.1) is 11.8 Å². The Morgan fingerprint density at radius 1 is 1.10 bits per heavy atom. The number of benzene rings is 2. The quantitative estimate of drug-likeness (QED) is 0.737. The maximum Gasteiger partial charge on any atom is 0.253 e. The molecule has 0 saturated carbocycles. The lowest BCUT2D eigenvalue weighted by atomic mass is 9.99. The number of rotatable bonds is 5. The third kappa shape index (κ3) is 4.67.